The summed E-state index contributed by atoms with van der Waals surface area (Å²) >= 11 is 5.71. The normalized spacial score (nSPS) is 19.0. The van der Waals surface area contributed by atoms with Crippen molar-refractivity contribution >= 4 is 17.6 Å². The highest BCUT2D eigenvalue weighted by molar-refractivity contribution is 6.28. The Balaban J connectivity index is 2.12. The van der Waals surface area contributed by atoms with Crippen molar-refractivity contribution in [3.63, 3.8) is 0 Å². The molecule has 1 atom stereocenters. The van der Waals surface area contributed by atoms with Crippen molar-refractivity contribution < 1.29 is 9.53 Å². The molecule has 16 heavy (non-hydrogen) atoms. The van der Waals surface area contributed by atoms with Gasteiger partial charge in [-0.2, -0.15) is 0 Å². The summed E-state index contributed by atoms with van der Waals surface area (Å²) in [5.74, 6) is -0.180. The predicted molar refractivity (Wildman–Crippen MR) is 59.2 cm³/mol. The van der Waals surface area contributed by atoms with Gasteiger partial charge in [0.15, 0.2) is 0 Å². The molecule has 0 amide bonds. The van der Waals surface area contributed by atoms with Crippen molar-refractivity contribution in [2.75, 3.05) is 6.61 Å². The number of rotatable bonds is 2. The maximum Gasteiger partial charge on any atom is 0.309 e. The van der Waals surface area contributed by atoms with Crippen LogP contribution in [-0.2, 0) is 22.4 Å². The quantitative estimate of drug-likeness (QED) is 0.584. The highest BCUT2D eigenvalue weighted by Gasteiger charge is 2.26. The molecule has 1 unspecified atom stereocenters. The lowest BCUT2D eigenvalue weighted by atomic mass is 9.87. The van der Waals surface area contributed by atoms with Crippen LogP contribution < -0.4 is 0 Å². The van der Waals surface area contributed by atoms with Gasteiger partial charge in [-0.1, -0.05) is 0 Å². The summed E-state index contributed by atoms with van der Waals surface area (Å²) in [5, 5.41) is 0.272. The van der Waals surface area contributed by atoms with Gasteiger partial charge in [0.2, 0.25) is 5.28 Å². The van der Waals surface area contributed by atoms with Crippen molar-refractivity contribution in [1.82, 2.24) is 9.97 Å². The van der Waals surface area contributed by atoms with Crippen molar-refractivity contribution in [2.45, 2.75) is 26.2 Å². The van der Waals surface area contributed by atoms with Crippen LogP contribution in [0, 0.1) is 5.92 Å². The standard InChI is InChI=1S/C11H13ClN2O2/c1-2-16-10(15)7-3-4-9-8(5-7)6-13-11(12)14-9/h6-7H,2-5H2,1H3. The zero-order valence-electron chi connectivity index (χ0n) is 9.07. The minimum atomic E-state index is -0.122. The second kappa shape index (κ2) is 4.78. The van der Waals surface area contributed by atoms with Crippen molar-refractivity contribution in [3.8, 4) is 0 Å². The van der Waals surface area contributed by atoms with E-state index >= 15 is 0 Å². The van der Waals surface area contributed by atoms with Gasteiger partial charge in [0, 0.05) is 11.9 Å². The van der Waals surface area contributed by atoms with Crippen LogP contribution in [0.5, 0.6) is 0 Å². The van der Waals surface area contributed by atoms with Gasteiger partial charge in [-0.05, 0) is 43.4 Å². The van der Waals surface area contributed by atoms with E-state index in [1.165, 1.54) is 0 Å². The molecule has 0 spiro atoms. The zero-order valence-corrected chi connectivity index (χ0v) is 9.83. The van der Waals surface area contributed by atoms with Gasteiger partial charge in [-0.15, -0.1) is 0 Å². The van der Waals surface area contributed by atoms with Gasteiger partial charge in [0.25, 0.3) is 0 Å². The summed E-state index contributed by atoms with van der Waals surface area (Å²) in [6, 6.07) is 0. The molecule has 1 heterocycles. The molecule has 2 rings (SSSR count). The SMILES string of the molecule is CCOC(=O)C1CCc2nc(Cl)ncc2C1. The van der Waals surface area contributed by atoms with Gasteiger partial charge < -0.3 is 4.74 Å². The highest BCUT2D eigenvalue weighted by Crippen LogP contribution is 2.25. The van der Waals surface area contributed by atoms with Gasteiger partial charge in [0.05, 0.1) is 12.5 Å². The van der Waals surface area contributed by atoms with E-state index in [-0.39, 0.29) is 17.2 Å². The van der Waals surface area contributed by atoms with Crippen molar-refractivity contribution in [3.05, 3.63) is 22.7 Å². The third-order valence-corrected chi connectivity index (χ3v) is 2.92. The van der Waals surface area contributed by atoms with Crippen molar-refractivity contribution in [1.29, 1.82) is 0 Å². The second-order valence-corrected chi connectivity index (χ2v) is 4.14. The van der Waals surface area contributed by atoms with Gasteiger partial charge >= 0.3 is 5.97 Å². The molecule has 4 nitrogen and oxygen atoms in total. The first kappa shape index (κ1) is 11.3. The first-order chi connectivity index (χ1) is 7.70. The number of aryl methyl sites for hydroxylation is 1. The van der Waals surface area contributed by atoms with E-state index in [1.807, 2.05) is 6.92 Å². The molecule has 1 aromatic heterocycles. The number of esters is 1. The summed E-state index contributed by atoms with van der Waals surface area (Å²) in [6.45, 7) is 2.25. The molecule has 0 aliphatic heterocycles. The lowest BCUT2D eigenvalue weighted by Gasteiger charge is -2.21. The summed E-state index contributed by atoms with van der Waals surface area (Å²) in [5.41, 5.74) is 1.97. The molecule has 1 aliphatic carbocycles. The Morgan fingerprint density at radius 1 is 1.69 bits per heavy atom. The van der Waals surface area contributed by atoms with Crippen LogP contribution in [0.25, 0.3) is 0 Å². The predicted octanol–water partition coefficient (Wildman–Crippen LogP) is 1.80. The molecular weight excluding hydrogens is 228 g/mol. The number of aromatic nitrogens is 2. The smallest absolute Gasteiger partial charge is 0.309 e. The first-order valence-corrected chi connectivity index (χ1v) is 5.75. The fourth-order valence-electron chi connectivity index (χ4n) is 1.94. The Labute approximate surface area is 99.0 Å². The van der Waals surface area contributed by atoms with Crippen LogP contribution >= 0.6 is 11.6 Å². The molecule has 0 radical (unpaired) electrons. The number of halogens is 1. The molecule has 0 saturated carbocycles. The Bertz CT molecular complexity index is 409. The van der Waals surface area contributed by atoms with Crippen LogP contribution in [0.1, 0.15) is 24.6 Å². The van der Waals surface area contributed by atoms with Crippen molar-refractivity contribution in [2.24, 2.45) is 5.92 Å². The fourth-order valence-corrected chi connectivity index (χ4v) is 2.10. The minimum Gasteiger partial charge on any atom is -0.466 e. The average Bonchev–Trinajstić information content (AvgIpc) is 2.28. The number of hydrogen-bond donors (Lipinski definition) is 0. The third kappa shape index (κ3) is 2.32. The van der Waals surface area contributed by atoms with Crippen LogP contribution in [-0.4, -0.2) is 22.5 Å². The van der Waals surface area contributed by atoms with Crippen LogP contribution in [0.2, 0.25) is 5.28 Å². The summed E-state index contributed by atoms with van der Waals surface area (Å²) < 4.78 is 5.01. The molecule has 86 valence electrons. The van der Waals surface area contributed by atoms with E-state index in [9.17, 15) is 4.79 Å². The molecule has 0 aromatic carbocycles. The Morgan fingerprint density at radius 2 is 2.50 bits per heavy atom. The van der Waals surface area contributed by atoms with Gasteiger partial charge in [-0.3, -0.25) is 4.79 Å². The summed E-state index contributed by atoms with van der Waals surface area (Å²) in [7, 11) is 0. The number of ether oxygens (including phenoxy) is 1. The fraction of sp³-hybridized carbons (Fsp3) is 0.545. The topological polar surface area (TPSA) is 52.1 Å². The Kier molecular flexibility index (Phi) is 3.39. The van der Waals surface area contributed by atoms with Crippen LogP contribution in [0.4, 0.5) is 0 Å². The minimum absolute atomic E-state index is 0.0581. The van der Waals surface area contributed by atoms with Gasteiger partial charge in [-0.25, -0.2) is 9.97 Å². The van der Waals surface area contributed by atoms with E-state index in [0.29, 0.717) is 13.0 Å². The molecule has 0 fully saturated rings. The first-order valence-electron chi connectivity index (χ1n) is 5.37. The Hall–Kier alpha value is -1.16. The maximum absolute atomic E-state index is 11.6. The molecule has 1 aliphatic rings. The Morgan fingerprint density at radius 3 is 3.25 bits per heavy atom. The molecule has 5 heteroatoms. The molecule has 0 N–H and O–H groups in total. The van der Waals surface area contributed by atoms with Crippen LogP contribution in [0.3, 0.4) is 0 Å². The zero-order chi connectivity index (χ0) is 11.5. The number of nitrogens with zero attached hydrogens (tertiary/aromatic N) is 2. The second-order valence-electron chi connectivity index (χ2n) is 3.80. The van der Waals surface area contributed by atoms with E-state index in [4.69, 9.17) is 16.3 Å². The highest BCUT2D eigenvalue weighted by atomic mass is 35.5. The lowest BCUT2D eigenvalue weighted by Crippen LogP contribution is -2.25. The molecule has 0 saturated heterocycles. The third-order valence-electron chi connectivity index (χ3n) is 2.74. The number of carbonyl (C=O) groups is 1. The number of hydrogen-bond acceptors (Lipinski definition) is 4. The monoisotopic (exact) mass is 240 g/mol. The van der Waals surface area contributed by atoms with E-state index < -0.39 is 0 Å². The van der Waals surface area contributed by atoms with Gasteiger partial charge in [0.1, 0.15) is 0 Å². The summed E-state index contributed by atoms with van der Waals surface area (Å²) in [4.78, 5) is 19.7. The summed E-state index contributed by atoms with van der Waals surface area (Å²) in [6.07, 6.45) is 3.90. The lowest BCUT2D eigenvalue weighted by molar-refractivity contribution is -0.148. The maximum atomic E-state index is 11.6. The number of fused-ring (bicyclic) bond motifs is 1. The van der Waals surface area contributed by atoms with E-state index in [1.54, 1.807) is 6.20 Å². The van der Waals surface area contributed by atoms with Crippen LogP contribution in [0.15, 0.2) is 6.20 Å². The molecular formula is C11H13ClN2O2. The number of carbonyl (C=O) groups excluding carboxylic acids is 1. The van der Waals surface area contributed by atoms with E-state index in [2.05, 4.69) is 9.97 Å². The largest absolute Gasteiger partial charge is 0.466 e. The van der Waals surface area contributed by atoms with E-state index in [0.717, 1.165) is 24.1 Å². The molecule has 1 aromatic rings. The molecule has 0 bridgehead atoms. The average molecular weight is 241 g/mol.